The first kappa shape index (κ1) is 22.5. The first-order valence-corrected chi connectivity index (χ1v) is 9.96. The highest BCUT2D eigenvalue weighted by Crippen LogP contribution is 2.36. The minimum Gasteiger partial charge on any atom is -0.475 e. The van der Waals surface area contributed by atoms with Crippen LogP contribution in [0.1, 0.15) is 29.8 Å². The van der Waals surface area contributed by atoms with E-state index in [1.807, 2.05) is 20.2 Å². The number of amides is 1. The Bertz CT molecular complexity index is 765. The average Bonchev–Trinajstić information content (AvgIpc) is 3.21. The molecule has 3 fully saturated rings. The third-order valence-corrected chi connectivity index (χ3v) is 6.00. The number of nitrogens with zero attached hydrogens (tertiary/aromatic N) is 4. The quantitative estimate of drug-likeness (QED) is 0.778. The van der Waals surface area contributed by atoms with E-state index in [1.165, 1.54) is 19.4 Å². The van der Waals surface area contributed by atoms with Crippen molar-refractivity contribution in [2.24, 2.45) is 18.9 Å². The summed E-state index contributed by atoms with van der Waals surface area (Å²) in [5.41, 5.74) is 0.681. The maximum absolute atomic E-state index is 13.0. The van der Waals surface area contributed by atoms with Crippen LogP contribution in [0.3, 0.4) is 0 Å². The predicted octanol–water partition coefficient (Wildman–Crippen LogP) is 1.62. The number of piperidine rings is 1. The number of likely N-dealkylation sites (tertiary alicyclic amines) is 2. The fraction of sp³-hybridized carbons (Fsp3) is 0.737. The zero-order valence-electron chi connectivity index (χ0n) is 17.0. The first-order chi connectivity index (χ1) is 14.1. The molecule has 1 amide bonds. The molecule has 8 nitrogen and oxygen atoms in total. The molecule has 168 valence electrons. The molecule has 2 saturated heterocycles. The summed E-state index contributed by atoms with van der Waals surface area (Å²) in [6, 6.07) is 2.09. The maximum Gasteiger partial charge on any atom is 0.490 e. The van der Waals surface area contributed by atoms with E-state index in [1.54, 1.807) is 10.9 Å². The van der Waals surface area contributed by atoms with Gasteiger partial charge in [-0.05, 0) is 31.2 Å². The lowest BCUT2D eigenvalue weighted by Crippen LogP contribution is -2.53. The van der Waals surface area contributed by atoms with Crippen molar-refractivity contribution < 1.29 is 32.6 Å². The molecular weight excluding hydrogens is 405 g/mol. The lowest BCUT2D eigenvalue weighted by atomic mass is 9.88. The van der Waals surface area contributed by atoms with E-state index in [4.69, 9.17) is 14.6 Å². The number of methoxy groups -OCH3 is 1. The molecule has 1 aromatic heterocycles. The summed E-state index contributed by atoms with van der Waals surface area (Å²) in [7, 11) is 3.64. The Labute approximate surface area is 172 Å². The molecule has 1 aliphatic carbocycles. The van der Waals surface area contributed by atoms with Crippen LogP contribution >= 0.6 is 0 Å². The summed E-state index contributed by atoms with van der Waals surface area (Å²) in [4.78, 5) is 26.5. The number of carbonyl (C=O) groups excluding carboxylic acids is 1. The van der Waals surface area contributed by atoms with Crippen LogP contribution in [0.5, 0.6) is 0 Å². The Kier molecular flexibility index (Phi) is 6.71. The SMILES string of the molecule is CO[C@H]1CCN(C(=O)c2ccnn2C)[C@@H]2CN(CC3CC3)C[C@H]12.O=C(O)C(F)(F)F. The van der Waals surface area contributed by atoms with Crippen LogP contribution in [0.4, 0.5) is 13.2 Å². The molecule has 2 aliphatic heterocycles. The number of carboxylic acids is 1. The second-order valence-electron chi connectivity index (χ2n) is 8.10. The van der Waals surface area contributed by atoms with Crippen LogP contribution in [-0.2, 0) is 16.6 Å². The van der Waals surface area contributed by atoms with Gasteiger partial charge in [0.15, 0.2) is 0 Å². The van der Waals surface area contributed by atoms with E-state index in [9.17, 15) is 18.0 Å². The fourth-order valence-corrected chi connectivity index (χ4v) is 4.33. The Hall–Kier alpha value is -2.14. The zero-order chi connectivity index (χ0) is 22.1. The molecule has 0 spiro atoms. The normalized spacial score (nSPS) is 26.7. The molecular formula is C19H27F3N4O4. The van der Waals surface area contributed by atoms with Gasteiger partial charge in [0.1, 0.15) is 5.69 Å². The van der Waals surface area contributed by atoms with Crippen LogP contribution in [0, 0.1) is 11.8 Å². The molecule has 4 rings (SSSR count). The van der Waals surface area contributed by atoms with Gasteiger partial charge in [-0.15, -0.1) is 0 Å². The number of fused-ring (bicyclic) bond motifs is 1. The average molecular weight is 432 g/mol. The highest BCUT2D eigenvalue weighted by molar-refractivity contribution is 5.92. The Morgan fingerprint density at radius 3 is 2.43 bits per heavy atom. The number of aliphatic carboxylic acids is 1. The summed E-state index contributed by atoms with van der Waals surface area (Å²) in [6.45, 7) is 4.03. The Morgan fingerprint density at radius 2 is 1.93 bits per heavy atom. The van der Waals surface area contributed by atoms with Crippen molar-refractivity contribution in [2.75, 3.05) is 33.3 Å². The second kappa shape index (κ2) is 8.93. The van der Waals surface area contributed by atoms with E-state index in [-0.39, 0.29) is 18.1 Å². The van der Waals surface area contributed by atoms with Crippen LogP contribution in [-0.4, -0.2) is 88.2 Å². The van der Waals surface area contributed by atoms with Crippen molar-refractivity contribution in [3.63, 3.8) is 0 Å². The zero-order valence-corrected chi connectivity index (χ0v) is 17.0. The standard InChI is InChI=1S/C17H26N4O2.C2HF3O2/c1-19-14(5-7-18-19)17(22)21-8-6-16(23-2)13-10-20(11-15(13)21)9-12-3-4-12;3-2(4,5)1(6)7/h5,7,12-13,15-16H,3-4,6,8-11H2,1-2H3;(H,6,7)/t13-,15+,16-;/m0./s1. The molecule has 1 saturated carbocycles. The number of aromatic nitrogens is 2. The third-order valence-electron chi connectivity index (χ3n) is 6.00. The van der Waals surface area contributed by atoms with Gasteiger partial charge in [-0.25, -0.2) is 4.79 Å². The number of aryl methyl sites for hydroxylation is 1. The molecule has 1 aromatic rings. The van der Waals surface area contributed by atoms with Gasteiger partial charge in [0.2, 0.25) is 0 Å². The molecule has 11 heteroatoms. The van der Waals surface area contributed by atoms with Crippen molar-refractivity contribution in [3.8, 4) is 0 Å². The summed E-state index contributed by atoms with van der Waals surface area (Å²) in [5, 5.41) is 11.3. The summed E-state index contributed by atoms with van der Waals surface area (Å²) in [5.74, 6) is -1.32. The Morgan fingerprint density at radius 1 is 1.27 bits per heavy atom. The smallest absolute Gasteiger partial charge is 0.475 e. The lowest BCUT2D eigenvalue weighted by Gasteiger charge is -2.41. The van der Waals surface area contributed by atoms with Crippen LogP contribution < -0.4 is 0 Å². The van der Waals surface area contributed by atoms with Crippen molar-refractivity contribution in [2.45, 2.75) is 37.6 Å². The minimum atomic E-state index is -5.08. The van der Waals surface area contributed by atoms with Crippen LogP contribution in [0.15, 0.2) is 12.3 Å². The van der Waals surface area contributed by atoms with Crippen LogP contribution in [0.2, 0.25) is 0 Å². The van der Waals surface area contributed by atoms with Gasteiger partial charge in [0, 0.05) is 52.5 Å². The monoisotopic (exact) mass is 432 g/mol. The molecule has 0 aromatic carbocycles. The molecule has 0 unspecified atom stereocenters. The third kappa shape index (κ3) is 5.12. The highest BCUT2D eigenvalue weighted by atomic mass is 19.4. The van der Waals surface area contributed by atoms with Gasteiger partial charge in [-0.3, -0.25) is 9.48 Å². The van der Waals surface area contributed by atoms with Gasteiger partial charge < -0.3 is 19.6 Å². The highest BCUT2D eigenvalue weighted by Gasteiger charge is 2.47. The number of carbonyl (C=O) groups is 2. The number of ether oxygens (including phenoxy) is 1. The number of hydrogen-bond donors (Lipinski definition) is 1. The second-order valence-corrected chi connectivity index (χ2v) is 8.10. The molecule has 0 bridgehead atoms. The van der Waals surface area contributed by atoms with E-state index in [0.717, 1.165) is 32.0 Å². The van der Waals surface area contributed by atoms with E-state index < -0.39 is 12.1 Å². The minimum absolute atomic E-state index is 0.114. The van der Waals surface area contributed by atoms with Gasteiger partial charge in [0.25, 0.3) is 5.91 Å². The molecule has 30 heavy (non-hydrogen) atoms. The topological polar surface area (TPSA) is 87.9 Å². The molecule has 3 aliphatic rings. The van der Waals surface area contributed by atoms with Gasteiger partial charge in [-0.1, -0.05) is 0 Å². The fourth-order valence-electron chi connectivity index (χ4n) is 4.33. The van der Waals surface area contributed by atoms with E-state index in [2.05, 4.69) is 14.9 Å². The van der Waals surface area contributed by atoms with Crippen molar-refractivity contribution in [3.05, 3.63) is 18.0 Å². The van der Waals surface area contributed by atoms with Crippen molar-refractivity contribution in [1.29, 1.82) is 0 Å². The van der Waals surface area contributed by atoms with E-state index >= 15 is 0 Å². The number of hydrogen-bond acceptors (Lipinski definition) is 5. The lowest BCUT2D eigenvalue weighted by molar-refractivity contribution is -0.192. The maximum atomic E-state index is 13.0. The van der Waals surface area contributed by atoms with Gasteiger partial charge in [0.05, 0.1) is 12.1 Å². The van der Waals surface area contributed by atoms with Crippen LogP contribution in [0.25, 0.3) is 0 Å². The van der Waals surface area contributed by atoms with Crippen molar-refractivity contribution in [1.82, 2.24) is 19.6 Å². The van der Waals surface area contributed by atoms with E-state index in [0.29, 0.717) is 11.6 Å². The van der Waals surface area contributed by atoms with Gasteiger partial charge in [-0.2, -0.15) is 18.3 Å². The number of alkyl halides is 3. The first-order valence-electron chi connectivity index (χ1n) is 9.96. The van der Waals surface area contributed by atoms with Crippen molar-refractivity contribution >= 4 is 11.9 Å². The summed E-state index contributed by atoms with van der Waals surface area (Å²) in [6.07, 6.45) is 0.563. The Balaban J connectivity index is 0.000000318. The van der Waals surface area contributed by atoms with Gasteiger partial charge >= 0.3 is 12.1 Å². The molecule has 1 N–H and O–H groups in total. The summed E-state index contributed by atoms with van der Waals surface area (Å²) < 4.78 is 39.1. The largest absolute Gasteiger partial charge is 0.490 e. The summed E-state index contributed by atoms with van der Waals surface area (Å²) >= 11 is 0. The number of halogens is 3. The number of carboxylic acid groups (broad SMARTS) is 1. The number of rotatable bonds is 4. The predicted molar refractivity (Wildman–Crippen MR) is 99.8 cm³/mol. The molecule has 3 atom stereocenters. The molecule has 3 heterocycles. The molecule has 0 radical (unpaired) electrons.